The molecule has 39 heteroatoms. The van der Waals surface area contributed by atoms with E-state index in [9.17, 15) is 104 Å². The summed E-state index contributed by atoms with van der Waals surface area (Å²) in [5, 5.41) is 117. The van der Waals surface area contributed by atoms with Gasteiger partial charge in [-0.05, 0) is 124 Å². The molecule has 2 aliphatic heterocycles. The van der Waals surface area contributed by atoms with Crippen LogP contribution in [0.3, 0.4) is 0 Å². The molecule has 0 spiro atoms. The lowest BCUT2D eigenvalue weighted by molar-refractivity contribution is -0.158. The molecule has 17 N–H and O–H groups in total. The maximum Gasteiger partial charge on any atom is 0.320 e. The van der Waals surface area contributed by atoms with Crippen molar-refractivity contribution in [2.24, 2.45) is 0 Å². The summed E-state index contributed by atoms with van der Waals surface area (Å²) in [6.45, 7) is 12.7. The Balaban J connectivity index is 1.39. The molecule has 1 aromatic heterocycles. The third-order valence-electron chi connectivity index (χ3n) is 19.0. The first kappa shape index (κ1) is 98.9. The molecule has 0 unspecified atom stereocenters. The second-order valence-electron chi connectivity index (χ2n) is 32.5. The summed E-state index contributed by atoms with van der Waals surface area (Å²) < 4.78 is 22.0. The van der Waals surface area contributed by atoms with Gasteiger partial charge in [0, 0.05) is 116 Å². The van der Waals surface area contributed by atoms with Crippen LogP contribution in [0, 0.1) is 0 Å². The van der Waals surface area contributed by atoms with Crippen LogP contribution in [-0.4, -0.2) is 372 Å². The fourth-order valence-electron chi connectivity index (χ4n) is 12.7. The summed E-state index contributed by atoms with van der Waals surface area (Å²) in [5.41, 5.74) is 0.517. The number of amides is 7. The van der Waals surface area contributed by atoms with Crippen molar-refractivity contribution >= 4 is 81.9 Å². The molecule has 39 nitrogen and oxygen atoms in total. The Morgan fingerprint density at radius 1 is 0.556 bits per heavy atom. The smallest absolute Gasteiger partial charge is 0.320 e. The number of methoxy groups -OCH3 is 1. The number of rotatable bonds is 42. The molecule has 0 saturated carbocycles. The Morgan fingerprint density at radius 2 is 1.01 bits per heavy atom. The number of hydrogen-bond donors (Lipinski definition) is 17. The van der Waals surface area contributed by atoms with Crippen LogP contribution in [0.5, 0.6) is 0 Å². The van der Waals surface area contributed by atoms with Crippen molar-refractivity contribution in [2.75, 3.05) is 137 Å². The number of aliphatic hydroxyl groups is 10. The van der Waals surface area contributed by atoms with Gasteiger partial charge in [-0.3, -0.25) is 72.3 Å². The average Bonchev–Trinajstić information content (AvgIpc) is 1.70. The van der Waals surface area contributed by atoms with Crippen molar-refractivity contribution in [3.8, 4) is 0 Å². The number of anilines is 1. The highest BCUT2D eigenvalue weighted by molar-refractivity contribution is 5.96. The number of hydrogen-bond acceptors (Lipinski definition) is 31. The number of aromatic amines is 1. The number of carbonyl (C=O) groups is 11. The van der Waals surface area contributed by atoms with Gasteiger partial charge in [0.05, 0.1) is 82.7 Å². The molecule has 117 heavy (non-hydrogen) atoms. The zero-order valence-electron chi connectivity index (χ0n) is 69.1. The molecule has 0 bridgehead atoms. The van der Waals surface area contributed by atoms with E-state index < -0.39 is 202 Å². The van der Waals surface area contributed by atoms with Gasteiger partial charge in [0.2, 0.25) is 35.4 Å². The lowest BCUT2D eigenvalue weighted by Crippen LogP contribution is -2.56. The second kappa shape index (κ2) is 47.8. The number of H-pyrrole nitrogens is 1. The molecule has 0 radical (unpaired) electrons. The van der Waals surface area contributed by atoms with Crippen LogP contribution >= 0.6 is 0 Å². The van der Waals surface area contributed by atoms with Gasteiger partial charge < -0.3 is 117 Å². The van der Waals surface area contributed by atoms with Gasteiger partial charge >= 0.3 is 23.9 Å². The van der Waals surface area contributed by atoms with Crippen LogP contribution < -0.4 is 31.9 Å². The van der Waals surface area contributed by atoms with Crippen molar-refractivity contribution in [1.29, 1.82) is 0 Å². The van der Waals surface area contributed by atoms with Crippen LogP contribution in [-0.2, 0) is 80.0 Å². The molecular formula is C78H126N14O25. The molecule has 5 rings (SSSR count). The summed E-state index contributed by atoms with van der Waals surface area (Å²) in [6, 6.07) is 8.15. The van der Waals surface area contributed by atoms with Crippen molar-refractivity contribution < 1.29 is 123 Å². The van der Waals surface area contributed by atoms with Gasteiger partial charge in [-0.15, -0.1) is 0 Å². The zero-order valence-corrected chi connectivity index (χ0v) is 69.1. The molecule has 7 amide bonds. The van der Waals surface area contributed by atoms with Crippen LogP contribution in [0.4, 0.5) is 5.69 Å². The largest absolute Gasteiger partial charge is 0.469 e. The van der Waals surface area contributed by atoms with Crippen molar-refractivity contribution in [1.82, 2.24) is 66.0 Å². The molecule has 0 aliphatic carbocycles. The fourth-order valence-corrected chi connectivity index (χ4v) is 12.7. The van der Waals surface area contributed by atoms with Crippen LogP contribution in [0.25, 0.3) is 11.0 Å². The Kier molecular flexibility index (Phi) is 40.4. The predicted octanol–water partition coefficient (Wildman–Crippen LogP) is -3.92. The number of imidazole rings is 1. The van der Waals surface area contributed by atoms with Crippen molar-refractivity contribution in [2.45, 2.75) is 217 Å². The maximum absolute atomic E-state index is 14.9. The van der Waals surface area contributed by atoms with E-state index in [1.54, 1.807) is 107 Å². The first-order chi connectivity index (χ1) is 54.9. The number of aromatic nitrogens is 2. The summed E-state index contributed by atoms with van der Waals surface area (Å²) >= 11 is 0. The van der Waals surface area contributed by atoms with Crippen LogP contribution in [0.1, 0.15) is 142 Å². The number of esters is 4. The molecule has 1 fully saturated rings. The quantitative estimate of drug-likeness (QED) is 0.0146. The summed E-state index contributed by atoms with van der Waals surface area (Å²) in [4.78, 5) is 170. The van der Waals surface area contributed by atoms with Crippen LogP contribution in [0.15, 0.2) is 42.5 Å². The number of para-hydroxylation sites is 2. The first-order valence-corrected chi connectivity index (χ1v) is 39.5. The van der Waals surface area contributed by atoms with E-state index in [1.807, 2.05) is 29.2 Å². The topological polar surface area (TPSA) is 547 Å². The van der Waals surface area contributed by atoms with Gasteiger partial charge in [-0.25, -0.2) is 4.98 Å². The highest BCUT2D eigenvalue weighted by Crippen LogP contribution is 2.28. The van der Waals surface area contributed by atoms with Crippen molar-refractivity contribution in [3.05, 3.63) is 59.4 Å². The van der Waals surface area contributed by atoms with E-state index in [0.29, 0.717) is 48.3 Å². The maximum atomic E-state index is 14.9. The van der Waals surface area contributed by atoms with Gasteiger partial charge in [-0.1, -0.05) is 25.0 Å². The lowest BCUT2D eigenvalue weighted by Gasteiger charge is -2.34. The van der Waals surface area contributed by atoms with E-state index in [4.69, 9.17) is 18.9 Å². The SMILES string of the molecule is COC(=O)C[C@@H]1Nc2ccc(C(=O)N(C)Cc3nc4ccccc4[nH]3)cc2CN(CCCCCCNC(=O)[C@H](CCC(=O)NC[C@H](O)[C@@H](O)[C@H](O)[C@H](O)CO)NC(=O)[C@H](CCC(=O)NC[C@@H](O)[C@H](O)[C@H](O)[C@@H](O)CO)NC(=O)CN2CCN(CC(=O)OC(C)(C)C)CCN(CC(=O)OC(C)(C)C)CCN(CC(=O)OC(C)(C)C)CC2)C1=O. The number of nitrogens with one attached hydrogen (secondary N) is 7. The molecule has 2 aliphatic rings. The highest BCUT2D eigenvalue weighted by Gasteiger charge is 2.37. The normalized spacial score (nSPS) is 17.8. The number of fused-ring (bicyclic) bond motifs is 2. The summed E-state index contributed by atoms with van der Waals surface area (Å²) in [7, 11) is 2.85. The van der Waals surface area contributed by atoms with Gasteiger partial charge in [-0.2, -0.15) is 0 Å². The molecule has 2 aromatic carbocycles. The molecule has 3 aromatic rings. The number of unbranched alkanes of at least 4 members (excludes halogenated alkanes) is 3. The second-order valence-corrected chi connectivity index (χ2v) is 32.5. The van der Waals surface area contributed by atoms with E-state index in [-0.39, 0.29) is 110 Å². The van der Waals surface area contributed by atoms with E-state index in [2.05, 4.69) is 41.9 Å². The highest BCUT2D eigenvalue weighted by atomic mass is 16.6. The Bertz CT molecular complexity index is 3640. The van der Waals surface area contributed by atoms with Gasteiger partial charge in [0.25, 0.3) is 5.91 Å². The zero-order chi connectivity index (χ0) is 87.1. The summed E-state index contributed by atoms with van der Waals surface area (Å²) in [5.74, 6) is -6.86. The lowest BCUT2D eigenvalue weighted by atomic mass is 10.0. The Labute approximate surface area is 681 Å². The third kappa shape index (κ3) is 35.8. The van der Waals surface area contributed by atoms with Crippen LogP contribution in [0.2, 0.25) is 0 Å². The molecule has 11 atom stereocenters. The van der Waals surface area contributed by atoms with E-state index >= 15 is 0 Å². The van der Waals surface area contributed by atoms with E-state index in [1.165, 1.54) is 12.0 Å². The number of aliphatic hydroxyl groups excluding tert-OH is 10. The Hall–Kier alpha value is -8.68. The Morgan fingerprint density at radius 3 is 1.47 bits per heavy atom. The van der Waals surface area contributed by atoms with Gasteiger partial charge in [0.15, 0.2) is 0 Å². The number of benzene rings is 2. The van der Waals surface area contributed by atoms with Gasteiger partial charge in [0.1, 0.15) is 77.4 Å². The fraction of sp³-hybridized carbons (Fsp3) is 0.692. The van der Waals surface area contributed by atoms with Crippen molar-refractivity contribution in [3.63, 3.8) is 0 Å². The molecule has 1 saturated heterocycles. The first-order valence-electron chi connectivity index (χ1n) is 39.5. The average molecular weight is 1660 g/mol. The van der Waals surface area contributed by atoms with E-state index in [0.717, 1.165) is 11.0 Å². The minimum atomic E-state index is -2.07. The molecular weight excluding hydrogens is 1530 g/mol. The molecule has 3 heterocycles. The number of carbonyl (C=O) groups excluding carboxylic acids is 11. The third-order valence-corrected chi connectivity index (χ3v) is 19.0. The minimum absolute atomic E-state index is 0.0202. The predicted molar refractivity (Wildman–Crippen MR) is 423 cm³/mol. The molecule has 658 valence electrons. The number of ether oxygens (including phenoxy) is 4. The minimum Gasteiger partial charge on any atom is -0.469 e. The monoisotopic (exact) mass is 1660 g/mol. The number of nitrogens with zero attached hydrogens (tertiary/aromatic N) is 7. The summed E-state index contributed by atoms with van der Waals surface area (Å²) in [6.07, 6.45) is -16.5. The standard InChI is InChI=1S/C78H126N14O25/c1-76(2,3)115-65(103)43-89-30-28-88(29-31-90(44-66(104)116-77(4,5)6)33-35-91(34-32-89)45-67(105)117-78(7,8)9)42-63(101)85-54(23-25-62(100)81-39-57(96)69(107)71(109)59(98)47-94)73(111)86-53(22-24-61(99)80-38-56(95)68(106)70(108)58(97)46-93)72(110)79-26-16-12-13-17-27-92-40-49-36-48(20-21-50(49)82-55(75(92)113)37-64(102)114-11)74(112)87(10)41-60-83-51-18-14-15-19-52(51)84-60/h14-15,18-21,36,53-59,68-71,82,93-98,106-109H,12-13,16-17,22-35,37-47H2,1-11H3,(H,79,110)(H,80,99)(H,81,100)(H,83,84)(H,85,101)(H,86,111)/t53-,54-,55-,56-,57+,58+,59-,68+,69-,70+,71+/m0/s1.